The molecule has 0 saturated carbocycles. The number of hydrogen-bond donors (Lipinski definition) is 0. The van der Waals surface area contributed by atoms with Gasteiger partial charge in [0.15, 0.2) is 0 Å². The molecule has 0 fully saturated rings. The van der Waals surface area contributed by atoms with E-state index in [1.807, 2.05) is 0 Å². The number of unbranched alkanes of at least 4 members (excludes halogenated alkanes) is 18. The first-order valence-electron chi connectivity index (χ1n) is 26.9. The first kappa shape index (κ1) is 55.3. The summed E-state index contributed by atoms with van der Waals surface area (Å²) in [6.07, 6.45) is 29.5. The van der Waals surface area contributed by atoms with E-state index in [0.29, 0.717) is 0 Å². The zero-order chi connectivity index (χ0) is 46.2. The third-order valence-electron chi connectivity index (χ3n) is 13.0. The van der Waals surface area contributed by atoms with Crippen molar-refractivity contribution in [2.75, 3.05) is 39.3 Å². The Bertz CT molecular complexity index is 1400. The third kappa shape index (κ3) is 21.5. The average molecular weight is 884 g/mol. The molecule has 0 aliphatic rings. The quantitative estimate of drug-likeness (QED) is 0.0323. The number of aryl methyl sites for hydroxylation is 3. The molecule has 0 amide bonds. The van der Waals surface area contributed by atoms with Gasteiger partial charge < -0.3 is 14.5 Å². The highest BCUT2D eigenvalue weighted by atomic mass is 16.7. The summed E-state index contributed by atoms with van der Waals surface area (Å²) in [4.78, 5) is 20.7. The number of nitrogens with zero attached hydrogens (tertiary/aromatic N) is 3. The number of hydroxylamine groups is 6. The van der Waals surface area contributed by atoms with E-state index in [9.17, 15) is 0 Å². The maximum absolute atomic E-state index is 6.90. The highest BCUT2D eigenvalue weighted by molar-refractivity contribution is 5.55. The van der Waals surface area contributed by atoms with E-state index in [4.69, 9.17) is 14.5 Å². The molecule has 6 nitrogen and oxygen atoms in total. The van der Waals surface area contributed by atoms with E-state index in [0.717, 1.165) is 95.0 Å². The molecule has 0 aliphatic heterocycles. The van der Waals surface area contributed by atoms with Crippen LogP contribution in [0.2, 0.25) is 0 Å². The van der Waals surface area contributed by atoms with Crippen molar-refractivity contribution in [2.45, 2.75) is 222 Å². The van der Waals surface area contributed by atoms with Gasteiger partial charge in [-0.15, -0.1) is 15.2 Å². The van der Waals surface area contributed by atoms with Crippen LogP contribution in [0.3, 0.4) is 0 Å². The lowest BCUT2D eigenvalue weighted by atomic mass is 9.79. The van der Waals surface area contributed by atoms with Gasteiger partial charge in [-0.25, -0.2) is 0 Å². The van der Waals surface area contributed by atoms with Crippen LogP contribution in [0.5, 0.6) is 17.2 Å². The van der Waals surface area contributed by atoms with E-state index in [2.05, 4.69) is 132 Å². The minimum Gasteiger partial charge on any atom is -0.406 e. The van der Waals surface area contributed by atoms with Crippen molar-refractivity contribution in [3.8, 4) is 17.2 Å². The molecule has 0 spiro atoms. The second-order valence-corrected chi connectivity index (χ2v) is 18.9. The van der Waals surface area contributed by atoms with Gasteiger partial charge in [0, 0.05) is 45.2 Å². The molecule has 0 radical (unpaired) electrons. The zero-order valence-electron chi connectivity index (χ0n) is 43.1. The van der Waals surface area contributed by atoms with Gasteiger partial charge in [0.05, 0.1) is 0 Å². The first-order chi connectivity index (χ1) is 31.3. The molecular weight excluding hydrogens is 787 g/mol. The minimum atomic E-state index is -0.0525. The maximum atomic E-state index is 6.90. The maximum Gasteiger partial charge on any atom is 0.147 e. The van der Waals surface area contributed by atoms with Crippen molar-refractivity contribution in [1.29, 1.82) is 0 Å². The smallest absolute Gasteiger partial charge is 0.147 e. The lowest BCUT2D eigenvalue weighted by Gasteiger charge is -2.29. The van der Waals surface area contributed by atoms with Crippen molar-refractivity contribution in [3.63, 3.8) is 0 Å². The molecule has 0 aliphatic carbocycles. The van der Waals surface area contributed by atoms with Crippen molar-refractivity contribution in [2.24, 2.45) is 0 Å². The predicted octanol–water partition coefficient (Wildman–Crippen LogP) is 17.1. The van der Waals surface area contributed by atoms with Gasteiger partial charge in [0.2, 0.25) is 0 Å². The standard InChI is InChI=1S/C58H97N3O3/c1-10-16-22-28-40-59(41-29-23-17-11-2)62-52-37-34-49(7)55(46-52)58(56-47-53(38-35-50(56)8)63-60(42-30-24-18-12-3)43-31-25-19-13-4)57-48-54(39-36-51(57)9)64-61(44-32-26-20-14-5)45-33-27-21-15-6/h34-39,46-48,58H,10-33,40-45H2,1-9H3. The number of benzene rings is 3. The van der Waals surface area contributed by atoms with E-state index in [1.54, 1.807) is 0 Å². The normalized spacial score (nSPS) is 11.8. The number of rotatable bonds is 39. The Kier molecular flexibility index (Phi) is 29.6. The van der Waals surface area contributed by atoms with Gasteiger partial charge >= 0.3 is 0 Å². The zero-order valence-corrected chi connectivity index (χ0v) is 43.1. The van der Waals surface area contributed by atoms with E-state index in [-0.39, 0.29) is 5.92 Å². The molecule has 0 aromatic heterocycles. The largest absolute Gasteiger partial charge is 0.406 e. The minimum absolute atomic E-state index is 0.0525. The molecule has 3 aromatic rings. The summed E-state index contributed by atoms with van der Waals surface area (Å²) in [7, 11) is 0. The lowest BCUT2D eigenvalue weighted by molar-refractivity contribution is -0.0608. The van der Waals surface area contributed by atoms with Gasteiger partial charge in [0.1, 0.15) is 17.2 Å². The highest BCUT2D eigenvalue weighted by Crippen LogP contribution is 2.41. The second-order valence-electron chi connectivity index (χ2n) is 18.9. The Hall–Kier alpha value is -3.06. The molecule has 64 heavy (non-hydrogen) atoms. The molecule has 0 N–H and O–H groups in total. The topological polar surface area (TPSA) is 37.4 Å². The Labute approximate surface area is 395 Å². The molecule has 0 heterocycles. The Balaban J connectivity index is 2.14. The SMILES string of the molecule is CCCCCCN(CCCCCC)Oc1ccc(C)c(C(c2cc(ON(CCCCCC)CCCCCC)ccc2C)c2cc(ON(CCCCCC)CCCCCC)ccc2C)c1. The number of hydrogen-bond acceptors (Lipinski definition) is 6. The molecule has 0 atom stereocenters. The van der Waals surface area contributed by atoms with Crippen LogP contribution in [0, 0.1) is 20.8 Å². The van der Waals surface area contributed by atoms with Crippen LogP contribution < -0.4 is 14.5 Å². The van der Waals surface area contributed by atoms with Crippen molar-refractivity contribution < 1.29 is 14.5 Å². The summed E-state index contributed by atoms with van der Waals surface area (Å²) < 4.78 is 0. The van der Waals surface area contributed by atoms with E-state index in [1.165, 1.54) is 149 Å². The molecular formula is C58H97N3O3. The van der Waals surface area contributed by atoms with Crippen LogP contribution in [0.25, 0.3) is 0 Å². The Morgan fingerprint density at radius 1 is 0.312 bits per heavy atom. The molecule has 6 heteroatoms. The monoisotopic (exact) mass is 884 g/mol. The van der Waals surface area contributed by atoms with E-state index < -0.39 is 0 Å². The van der Waals surface area contributed by atoms with Gasteiger partial charge in [0.25, 0.3) is 0 Å². The van der Waals surface area contributed by atoms with Crippen LogP contribution in [0.1, 0.15) is 235 Å². The van der Waals surface area contributed by atoms with Crippen molar-refractivity contribution >= 4 is 0 Å². The Morgan fingerprint density at radius 3 is 0.734 bits per heavy atom. The van der Waals surface area contributed by atoms with Gasteiger partial charge in [-0.1, -0.05) is 175 Å². The third-order valence-corrected chi connectivity index (χ3v) is 13.0. The molecule has 362 valence electrons. The molecule has 0 bridgehead atoms. The molecule has 0 unspecified atom stereocenters. The van der Waals surface area contributed by atoms with Crippen LogP contribution >= 0.6 is 0 Å². The van der Waals surface area contributed by atoms with Crippen molar-refractivity contribution in [3.05, 3.63) is 88.0 Å². The van der Waals surface area contributed by atoms with Crippen LogP contribution in [0.4, 0.5) is 0 Å². The summed E-state index contributed by atoms with van der Waals surface area (Å²) in [5.41, 5.74) is 7.57. The first-order valence-corrected chi connectivity index (χ1v) is 26.9. The molecule has 3 rings (SSSR count). The van der Waals surface area contributed by atoms with E-state index >= 15 is 0 Å². The predicted molar refractivity (Wildman–Crippen MR) is 276 cm³/mol. The van der Waals surface area contributed by atoms with Gasteiger partial charge in [-0.2, -0.15) is 0 Å². The summed E-state index contributed by atoms with van der Waals surface area (Å²) >= 11 is 0. The fraction of sp³-hybridized carbons (Fsp3) is 0.690. The van der Waals surface area contributed by atoms with Gasteiger partial charge in [-0.3, -0.25) is 0 Å². The fourth-order valence-corrected chi connectivity index (χ4v) is 8.81. The molecule has 3 aromatic carbocycles. The summed E-state index contributed by atoms with van der Waals surface area (Å²) in [6.45, 7) is 26.3. The van der Waals surface area contributed by atoms with Crippen molar-refractivity contribution in [1.82, 2.24) is 15.2 Å². The highest BCUT2D eigenvalue weighted by Gasteiger charge is 2.26. The van der Waals surface area contributed by atoms with Gasteiger partial charge in [-0.05, 0) is 129 Å². The summed E-state index contributed by atoms with van der Waals surface area (Å²) in [5.74, 6) is 2.70. The lowest BCUT2D eigenvalue weighted by Crippen LogP contribution is -2.30. The summed E-state index contributed by atoms with van der Waals surface area (Å²) in [6, 6.07) is 20.4. The van der Waals surface area contributed by atoms with Crippen LogP contribution in [-0.2, 0) is 0 Å². The summed E-state index contributed by atoms with van der Waals surface area (Å²) in [5, 5.41) is 6.75. The molecule has 0 saturated heterocycles. The van der Waals surface area contributed by atoms with Crippen LogP contribution in [0.15, 0.2) is 54.6 Å². The van der Waals surface area contributed by atoms with Crippen LogP contribution in [-0.4, -0.2) is 54.5 Å². The average Bonchev–Trinajstić information content (AvgIpc) is 3.29. The Morgan fingerprint density at radius 2 is 0.531 bits per heavy atom. The second kappa shape index (κ2) is 34.3. The fourth-order valence-electron chi connectivity index (χ4n) is 8.81.